The standard InChI is InChI=1S/C26H25NO2/c1-19(17-21-9-5-3-6-10-21)28-18-25-20(2)27-29-26(25)24-15-13-23(14-16-24)22-11-7-4-8-12-22/h3-16,19H,17-18H2,1-2H3. The molecule has 3 aromatic carbocycles. The lowest BCUT2D eigenvalue weighted by molar-refractivity contribution is 0.0533. The summed E-state index contributed by atoms with van der Waals surface area (Å²) >= 11 is 0. The van der Waals surface area contributed by atoms with Crippen molar-refractivity contribution in [1.82, 2.24) is 5.16 Å². The number of hydrogen-bond acceptors (Lipinski definition) is 3. The van der Waals surface area contributed by atoms with Crippen molar-refractivity contribution in [2.75, 3.05) is 0 Å². The Morgan fingerprint density at radius 1 is 0.793 bits per heavy atom. The summed E-state index contributed by atoms with van der Waals surface area (Å²) in [6, 6.07) is 29.2. The van der Waals surface area contributed by atoms with Gasteiger partial charge < -0.3 is 9.26 Å². The SMILES string of the molecule is Cc1noc(-c2ccc(-c3ccccc3)cc2)c1COC(C)Cc1ccccc1. The molecule has 3 heteroatoms. The smallest absolute Gasteiger partial charge is 0.172 e. The lowest BCUT2D eigenvalue weighted by Crippen LogP contribution is -2.12. The first kappa shape index (κ1) is 19.2. The molecule has 0 saturated heterocycles. The highest BCUT2D eigenvalue weighted by molar-refractivity contribution is 5.69. The molecular weight excluding hydrogens is 358 g/mol. The Morgan fingerprint density at radius 3 is 2.07 bits per heavy atom. The average molecular weight is 383 g/mol. The molecule has 1 heterocycles. The lowest BCUT2D eigenvalue weighted by Gasteiger charge is -2.13. The highest BCUT2D eigenvalue weighted by atomic mass is 16.5. The fourth-order valence-corrected chi connectivity index (χ4v) is 3.46. The molecule has 1 atom stereocenters. The fraction of sp³-hybridized carbons (Fsp3) is 0.192. The monoisotopic (exact) mass is 383 g/mol. The highest BCUT2D eigenvalue weighted by Crippen LogP contribution is 2.29. The average Bonchev–Trinajstić information content (AvgIpc) is 3.14. The van der Waals surface area contributed by atoms with Crippen molar-refractivity contribution in [1.29, 1.82) is 0 Å². The van der Waals surface area contributed by atoms with Gasteiger partial charge in [0.15, 0.2) is 5.76 Å². The molecule has 0 saturated carbocycles. The van der Waals surface area contributed by atoms with Crippen molar-refractivity contribution in [2.24, 2.45) is 0 Å². The molecule has 0 aliphatic carbocycles. The van der Waals surface area contributed by atoms with Gasteiger partial charge in [0.1, 0.15) is 0 Å². The van der Waals surface area contributed by atoms with Crippen LogP contribution in [0.2, 0.25) is 0 Å². The molecular formula is C26H25NO2. The Labute approximate surface area is 172 Å². The van der Waals surface area contributed by atoms with Crippen molar-refractivity contribution in [3.8, 4) is 22.5 Å². The van der Waals surface area contributed by atoms with E-state index in [1.54, 1.807) is 0 Å². The van der Waals surface area contributed by atoms with E-state index in [4.69, 9.17) is 9.26 Å². The van der Waals surface area contributed by atoms with E-state index < -0.39 is 0 Å². The Kier molecular flexibility index (Phi) is 5.87. The molecule has 146 valence electrons. The van der Waals surface area contributed by atoms with Gasteiger partial charge in [-0.15, -0.1) is 0 Å². The number of hydrogen-bond donors (Lipinski definition) is 0. The van der Waals surface area contributed by atoms with Gasteiger partial charge in [-0.25, -0.2) is 0 Å². The van der Waals surface area contributed by atoms with Crippen LogP contribution in [-0.2, 0) is 17.8 Å². The Hall–Kier alpha value is -3.17. The van der Waals surface area contributed by atoms with Gasteiger partial charge in [-0.2, -0.15) is 0 Å². The second-order valence-corrected chi connectivity index (χ2v) is 7.33. The van der Waals surface area contributed by atoms with Crippen molar-refractivity contribution in [3.05, 3.63) is 102 Å². The van der Waals surface area contributed by atoms with Crippen LogP contribution in [0.1, 0.15) is 23.7 Å². The number of aromatic nitrogens is 1. The molecule has 0 aliphatic heterocycles. The van der Waals surface area contributed by atoms with E-state index in [1.165, 1.54) is 16.7 Å². The van der Waals surface area contributed by atoms with Crippen molar-refractivity contribution in [2.45, 2.75) is 33.0 Å². The van der Waals surface area contributed by atoms with Crippen LogP contribution in [0.3, 0.4) is 0 Å². The van der Waals surface area contributed by atoms with Gasteiger partial charge in [0.2, 0.25) is 0 Å². The first-order valence-corrected chi connectivity index (χ1v) is 9.97. The van der Waals surface area contributed by atoms with Gasteiger partial charge in [0.25, 0.3) is 0 Å². The predicted molar refractivity (Wildman–Crippen MR) is 117 cm³/mol. The number of nitrogens with zero attached hydrogens (tertiary/aromatic N) is 1. The van der Waals surface area contributed by atoms with E-state index in [1.807, 2.05) is 19.1 Å². The van der Waals surface area contributed by atoms with E-state index in [0.717, 1.165) is 29.0 Å². The molecule has 29 heavy (non-hydrogen) atoms. The zero-order valence-electron chi connectivity index (χ0n) is 16.8. The fourth-order valence-electron chi connectivity index (χ4n) is 3.46. The number of rotatable bonds is 7. The van der Waals surface area contributed by atoms with Crippen LogP contribution in [0.15, 0.2) is 89.5 Å². The van der Waals surface area contributed by atoms with Crippen LogP contribution in [-0.4, -0.2) is 11.3 Å². The van der Waals surface area contributed by atoms with E-state index in [9.17, 15) is 0 Å². The molecule has 0 amide bonds. The molecule has 4 aromatic rings. The number of aryl methyl sites for hydroxylation is 1. The maximum absolute atomic E-state index is 6.13. The quantitative estimate of drug-likeness (QED) is 0.367. The van der Waals surface area contributed by atoms with Crippen molar-refractivity contribution in [3.63, 3.8) is 0 Å². The topological polar surface area (TPSA) is 35.3 Å². The minimum atomic E-state index is 0.111. The van der Waals surface area contributed by atoms with Crippen LogP contribution in [0.5, 0.6) is 0 Å². The molecule has 0 spiro atoms. The zero-order chi connectivity index (χ0) is 20.1. The molecule has 0 bridgehead atoms. The van der Waals surface area contributed by atoms with Crippen molar-refractivity contribution < 1.29 is 9.26 Å². The van der Waals surface area contributed by atoms with Gasteiger partial charge >= 0.3 is 0 Å². The first-order chi connectivity index (χ1) is 14.2. The van der Waals surface area contributed by atoms with Crippen LogP contribution in [0, 0.1) is 6.92 Å². The molecule has 0 fully saturated rings. The maximum atomic E-state index is 6.13. The van der Waals surface area contributed by atoms with E-state index in [2.05, 4.69) is 84.9 Å². The molecule has 4 rings (SSSR count). The lowest BCUT2D eigenvalue weighted by atomic mass is 10.0. The minimum absolute atomic E-state index is 0.111. The summed E-state index contributed by atoms with van der Waals surface area (Å²) in [7, 11) is 0. The Bertz CT molecular complexity index is 1040. The minimum Gasteiger partial charge on any atom is -0.373 e. The zero-order valence-corrected chi connectivity index (χ0v) is 16.8. The molecule has 3 nitrogen and oxygen atoms in total. The van der Waals surface area contributed by atoms with Gasteiger partial charge in [-0.05, 0) is 37.0 Å². The van der Waals surface area contributed by atoms with Crippen LogP contribution < -0.4 is 0 Å². The van der Waals surface area contributed by atoms with Crippen LogP contribution >= 0.6 is 0 Å². The Balaban J connectivity index is 1.47. The molecule has 1 unspecified atom stereocenters. The predicted octanol–water partition coefficient (Wildman–Crippen LogP) is 6.46. The van der Waals surface area contributed by atoms with Gasteiger partial charge in [0, 0.05) is 11.1 Å². The third kappa shape index (κ3) is 4.64. The Morgan fingerprint density at radius 2 is 1.38 bits per heavy atom. The first-order valence-electron chi connectivity index (χ1n) is 9.97. The van der Waals surface area contributed by atoms with Crippen LogP contribution in [0.25, 0.3) is 22.5 Å². The summed E-state index contributed by atoms with van der Waals surface area (Å²) in [4.78, 5) is 0. The van der Waals surface area contributed by atoms with Gasteiger partial charge in [0.05, 0.1) is 18.4 Å². The second kappa shape index (κ2) is 8.89. The van der Waals surface area contributed by atoms with E-state index in [0.29, 0.717) is 6.61 Å². The second-order valence-electron chi connectivity index (χ2n) is 7.33. The van der Waals surface area contributed by atoms with E-state index >= 15 is 0 Å². The molecule has 0 aliphatic rings. The van der Waals surface area contributed by atoms with E-state index in [-0.39, 0.29) is 6.10 Å². The summed E-state index contributed by atoms with van der Waals surface area (Å²) in [5.74, 6) is 0.786. The summed E-state index contributed by atoms with van der Waals surface area (Å²) in [6.45, 7) is 4.55. The summed E-state index contributed by atoms with van der Waals surface area (Å²) in [5.41, 5.74) is 6.56. The molecule has 0 radical (unpaired) electrons. The summed E-state index contributed by atoms with van der Waals surface area (Å²) in [5, 5.41) is 4.18. The highest BCUT2D eigenvalue weighted by Gasteiger charge is 2.16. The summed E-state index contributed by atoms with van der Waals surface area (Å²) < 4.78 is 11.8. The van der Waals surface area contributed by atoms with Crippen LogP contribution in [0.4, 0.5) is 0 Å². The molecule has 1 aromatic heterocycles. The van der Waals surface area contributed by atoms with Crippen molar-refractivity contribution >= 4 is 0 Å². The van der Waals surface area contributed by atoms with Gasteiger partial charge in [-0.3, -0.25) is 0 Å². The third-order valence-electron chi connectivity index (χ3n) is 5.12. The normalized spacial score (nSPS) is 12.1. The maximum Gasteiger partial charge on any atom is 0.172 e. The molecule has 0 N–H and O–H groups in total. The summed E-state index contributed by atoms with van der Waals surface area (Å²) in [6.07, 6.45) is 0.992. The largest absolute Gasteiger partial charge is 0.373 e. The third-order valence-corrected chi connectivity index (χ3v) is 5.12. The number of ether oxygens (including phenoxy) is 1. The van der Waals surface area contributed by atoms with Gasteiger partial charge in [-0.1, -0.05) is 90.1 Å². The number of benzene rings is 3.